The van der Waals surface area contributed by atoms with Crippen molar-refractivity contribution >= 4 is 11.6 Å². The lowest BCUT2D eigenvalue weighted by Gasteiger charge is -2.13. The van der Waals surface area contributed by atoms with Gasteiger partial charge in [0.2, 0.25) is 0 Å². The van der Waals surface area contributed by atoms with Gasteiger partial charge in [0.1, 0.15) is 0 Å². The molecular weight excluding hydrogens is 144 g/mol. The Bertz CT molecular complexity index is 76.8. The molecule has 0 aliphatic rings. The summed E-state index contributed by atoms with van der Waals surface area (Å²) in [7, 11) is 0. The highest BCUT2D eigenvalue weighted by Crippen LogP contribution is 2.17. The van der Waals surface area contributed by atoms with Crippen LogP contribution in [0.3, 0.4) is 0 Å². The third-order valence-electron chi connectivity index (χ3n) is 1.74. The van der Waals surface area contributed by atoms with E-state index < -0.39 is 0 Å². The summed E-state index contributed by atoms with van der Waals surface area (Å²) in [4.78, 5) is 0. The van der Waals surface area contributed by atoms with Crippen LogP contribution in [-0.2, 0) is 0 Å². The first-order valence-electron chi connectivity index (χ1n) is 4.18. The van der Waals surface area contributed by atoms with E-state index in [1.54, 1.807) is 0 Å². The SMILES string of the molecule is CC(C)CCC(Cl)C(C)C. The number of halogens is 1. The summed E-state index contributed by atoms with van der Waals surface area (Å²) >= 11 is 6.06. The summed E-state index contributed by atoms with van der Waals surface area (Å²) in [5.41, 5.74) is 0. The molecule has 0 saturated carbocycles. The third-order valence-corrected chi connectivity index (χ3v) is 2.47. The van der Waals surface area contributed by atoms with Gasteiger partial charge in [-0.05, 0) is 24.7 Å². The van der Waals surface area contributed by atoms with Crippen molar-refractivity contribution in [3.63, 3.8) is 0 Å². The molecule has 0 nitrogen and oxygen atoms in total. The number of rotatable bonds is 4. The fraction of sp³-hybridized carbons (Fsp3) is 1.00. The Morgan fingerprint density at radius 2 is 1.50 bits per heavy atom. The van der Waals surface area contributed by atoms with Crippen LogP contribution in [0.15, 0.2) is 0 Å². The van der Waals surface area contributed by atoms with E-state index in [9.17, 15) is 0 Å². The summed E-state index contributed by atoms with van der Waals surface area (Å²) in [5.74, 6) is 1.42. The largest absolute Gasteiger partial charge is 0.123 e. The first-order chi connectivity index (χ1) is 4.54. The maximum Gasteiger partial charge on any atom is 0.0359 e. The minimum Gasteiger partial charge on any atom is -0.123 e. The minimum atomic E-state index is 0.377. The molecule has 0 aliphatic carbocycles. The lowest BCUT2D eigenvalue weighted by atomic mass is 10.0. The summed E-state index contributed by atoms with van der Waals surface area (Å²) in [6.45, 7) is 8.84. The molecule has 0 aromatic heterocycles. The molecule has 0 amide bonds. The molecule has 0 fully saturated rings. The molecule has 1 unspecified atom stereocenters. The van der Waals surface area contributed by atoms with Crippen molar-refractivity contribution in [1.82, 2.24) is 0 Å². The zero-order valence-corrected chi connectivity index (χ0v) is 8.28. The van der Waals surface area contributed by atoms with Gasteiger partial charge >= 0.3 is 0 Å². The third kappa shape index (κ3) is 5.10. The van der Waals surface area contributed by atoms with Crippen molar-refractivity contribution in [3.8, 4) is 0 Å². The summed E-state index contributed by atoms with van der Waals surface area (Å²) in [6, 6.07) is 0. The van der Waals surface area contributed by atoms with Crippen LogP contribution in [0, 0.1) is 11.8 Å². The zero-order valence-electron chi connectivity index (χ0n) is 7.52. The Labute approximate surface area is 70.0 Å². The lowest BCUT2D eigenvalue weighted by Crippen LogP contribution is -2.08. The monoisotopic (exact) mass is 162 g/mol. The normalized spacial score (nSPS) is 14.7. The van der Waals surface area contributed by atoms with E-state index in [4.69, 9.17) is 11.6 Å². The van der Waals surface area contributed by atoms with Crippen molar-refractivity contribution in [3.05, 3.63) is 0 Å². The first-order valence-corrected chi connectivity index (χ1v) is 4.61. The van der Waals surface area contributed by atoms with Crippen LogP contribution in [0.25, 0.3) is 0 Å². The van der Waals surface area contributed by atoms with E-state index in [0.29, 0.717) is 11.3 Å². The Balaban J connectivity index is 3.30. The van der Waals surface area contributed by atoms with Crippen molar-refractivity contribution in [2.45, 2.75) is 45.9 Å². The average Bonchev–Trinajstić information content (AvgIpc) is 1.82. The van der Waals surface area contributed by atoms with E-state index in [1.807, 2.05) is 0 Å². The Kier molecular flexibility index (Phi) is 5.15. The van der Waals surface area contributed by atoms with Crippen LogP contribution >= 0.6 is 11.6 Å². The maximum absolute atomic E-state index is 6.06. The fourth-order valence-corrected chi connectivity index (χ4v) is 0.952. The lowest BCUT2D eigenvalue weighted by molar-refractivity contribution is 0.487. The van der Waals surface area contributed by atoms with Gasteiger partial charge in [-0.3, -0.25) is 0 Å². The Morgan fingerprint density at radius 3 is 1.80 bits per heavy atom. The molecule has 1 heteroatoms. The molecule has 0 aromatic rings. The standard InChI is InChI=1S/C9H19Cl/c1-7(2)5-6-9(10)8(3)4/h7-9H,5-6H2,1-4H3. The average molecular weight is 163 g/mol. The molecule has 0 N–H and O–H groups in total. The van der Waals surface area contributed by atoms with E-state index in [1.165, 1.54) is 6.42 Å². The molecule has 0 saturated heterocycles. The van der Waals surface area contributed by atoms with Crippen LogP contribution < -0.4 is 0 Å². The molecule has 0 bridgehead atoms. The first kappa shape index (κ1) is 10.3. The molecule has 0 aromatic carbocycles. The van der Waals surface area contributed by atoms with E-state index in [-0.39, 0.29) is 0 Å². The van der Waals surface area contributed by atoms with Gasteiger partial charge in [0.25, 0.3) is 0 Å². The van der Waals surface area contributed by atoms with E-state index in [2.05, 4.69) is 27.7 Å². The second-order valence-electron chi connectivity index (χ2n) is 3.73. The van der Waals surface area contributed by atoms with Gasteiger partial charge in [0, 0.05) is 5.38 Å². The van der Waals surface area contributed by atoms with Crippen LogP contribution in [0.5, 0.6) is 0 Å². The molecule has 62 valence electrons. The van der Waals surface area contributed by atoms with Crippen molar-refractivity contribution in [2.75, 3.05) is 0 Å². The van der Waals surface area contributed by atoms with Crippen molar-refractivity contribution in [2.24, 2.45) is 11.8 Å². The minimum absolute atomic E-state index is 0.377. The zero-order chi connectivity index (χ0) is 8.15. The van der Waals surface area contributed by atoms with Crippen LogP contribution in [0.4, 0.5) is 0 Å². The van der Waals surface area contributed by atoms with Gasteiger partial charge in [-0.25, -0.2) is 0 Å². The molecule has 0 rings (SSSR count). The second-order valence-corrected chi connectivity index (χ2v) is 4.29. The highest BCUT2D eigenvalue weighted by molar-refractivity contribution is 6.20. The summed E-state index contributed by atoms with van der Waals surface area (Å²) in [5, 5.41) is 0.377. The molecule has 0 aliphatic heterocycles. The van der Waals surface area contributed by atoms with Gasteiger partial charge in [-0.2, -0.15) is 0 Å². The van der Waals surface area contributed by atoms with E-state index in [0.717, 1.165) is 12.3 Å². The number of hydrogen-bond acceptors (Lipinski definition) is 0. The number of hydrogen-bond donors (Lipinski definition) is 0. The smallest absolute Gasteiger partial charge is 0.0359 e. The summed E-state index contributed by atoms with van der Waals surface area (Å²) in [6.07, 6.45) is 2.42. The van der Waals surface area contributed by atoms with Crippen LogP contribution in [0.2, 0.25) is 0 Å². The molecular formula is C9H19Cl. The Hall–Kier alpha value is 0.290. The highest BCUT2D eigenvalue weighted by atomic mass is 35.5. The topological polar surface area (TPSA) is 0 Å². The van der Waals surface area contributed by atoms with Gasteiger partial charge < -0.3 is 0 Å². The summed E-state index contributed by atoms with van der Waals surface area (Å²) < 4.78 is 0. The highest BCUT2D eigenvalue weighted by Gasteiger charge is 2.09. The second kappa shape index (κ2) is 5.01. The van der Waals surface area contributed by atoms with E-state index >= 15 is 0 Å². The van der Waals surface area contributed by atoms with Gasteiger partial charge in [0.15, 0.2) is 0 Å². The van der Waals surface area contributed by atoms with Gasteiger partial charge in [-0.15, -0.1) is 11.6 Å². The van der Waals surface area contributed by atoms with Gasteiger partial charge in [0.05, 0.1) is 0 Å². The fourth-order valence-electron chi connectivity index (χ4n) is 0.826. The maximum atomic E-state index is 6.06. The number of alkyl halides is 1. The molecule has 10 heavy (non-hydrogen) atoms. The molecule has 0 radical (unpaired) electrons. The Morgan fingerprint density at radius 1 is 1.00 bits per heavy atom. The van der Waals surface area contributed by atoms with Crippen molar-refractivity contribution in [1.29, 1.82) is 0 Å². The van der Waals surface area contributed by atoms with Crippen molar-refractivity contribution < 1.29 is 0 Å². The molecule has 1 atom stereocenters. The quantitative estimate of drug-likeness (QED) is 0.554. The van der Waals surface area contributed by atoms with Crippen LogP contribution in [0.1, 0.15) is 40.5 Å². The predicted octanol–water partition coefficient (Wildman–Crippen LogP) is 3.69. The predicted molar refractivity (Wildman–Crippen MR) is 48.6 cm³/mol. The van der Waals surface area contributed by atoms with Gasteiger partial charge in [-0.1, -0.05) is 27.7 Å². The molecule has 0 heterocycles. The molecule has 0 spiro atoms. The van der Waals surface area contributed by atoms with Crippen LogP contribution in [-0.4, -0.2) is 5.38 Å².